The highest BCUT2D eigenvalue weighted by atomic mass is 127. The van der Waals surface area contributed by atoms with Crippen molar-refractivity contribution >= 4 is 29.9 Å². The van der Waals surface area contributed by atoms with Crippen LogP contribution in [0.15, 0.2) is 11.1 Å². The molecule has 0 radical (unpaired) electrons. The van der Waals surface area contributed by atoms with Gasteiger partial charge in [0.1, 0.15) is 0 Å². The number of rotatable bonds is 8. The van der Waals surface area contributed by atoms with Gasteiger partial charge in [0.15, 0.2) is 5.96 Å². The molecule has 0 bridgehead atoms. The zero-order valence-corrected chi connectivity index (χ0v) is 18.9. The normalized spacial score (nSPS) is 16.0. The number of guanidine groups is 1. The predicted molar refractivity (Wildman–Crippen MR) is 119 cm³/mol. The minimum Gasteiger partial charge on any atom is -0.376 e. The van der Waals surface area contributed by atoms with Crippen LogP contribution in [0.3, 0.4) is 0 Å². The van der Waals surface area contributed by atoms with Crippen LogP contribution in [0.2, 0.25) is 0 Å². The van der Waals surface area contributed by atoms with Crippen LogP contribution in [0.25, 0.3) is 0 Å². The lowest BCUT2D eigenvalue weighted by atomic mass is 10.1. The molecule has 2 N–H and O–H groups in total. The molecule has 1 saturated carbocycles. The second-order valence-electron chi connectivity index (χ2n) is 6.91. The van der Waals surface area contributed by atoms with Crippen LogP contribution in [-0.2, 0) is 11.3 Å². The van der Waals surface area contributed by atoms with E-state index in [9.17, 15) is 0 Å². The molecule has 1 aliphatic rings. The van der Waals surface area contributed by atoms with Gasteiger partial charge in [0.25, 0.3) is 0 Å². The highest BCUT2D eigenvalue weighted by molar-refractivity contribution is 14.0. The van der Waals surface area contributed by atoms with Gasteiger partial charge in [0, 0.05) is 32.4 Å². The Labute approximate surface area is 175 Å². The van der Waals surface area contributed by atoms with Crippen LogP contribution >= 0.6 is 24.0 Å². The maximum absolute atomic E-state index is 6.00. The van der Waals surface area contributed by atoms with E-state index in [1.54, 1.807) is 0 Å². The Morgan fingerprint density at radius 2 is 1.88 bits per heavy atom. The minimum atomic E-state index is 0. The number of nitrogens with zero attached hydrogens (tertiary/aromatic N) is 3. The maximum Gasteiger partial charge on any atom is 0.191 e. The van der Waals surface area contributed by atoms with E-state index in [0.29, 0.717) is 6.10 Å². The van der Waals surface area contributed by atoms with E-state index in [0.717, 1.165) is 44.3 Å². The van der Waals surface area contributed by atoms with Crippen LogP contribution in [0.5, 0.6) is 0 Å². The van der Waals surface area contributed by atoms with Crippen molar-refractivity contribution in [2.75, 3.05) is 26.7 Å². The van der Waals surface area contributed by atoms with Crippen LogP contribution in [0.4, 0.5) is 0 Å². The Balaban J connectivity index is 0.00000338. The summed E-state index contributed by atoms with van der Waals surface area (Å²) in [6.07, 6.45) is 9.28. The highest BCUT2D eigenvalue weighted by Crippen LogP contribution is 2.19. The molecule has 1 aromatic heterocycles. The van der Waals surface area contributed by atoms with E-state index in [2.05, 4.69) is 38.4 Å². The van der Waals surface area contributed by atoms with Gasteiger partial charge in [-0.15, -0.1) is 24.0 Å². The van der Waals surface area contributed by atoms with Gasteiger partial charge in [-0.3, -0.25) is 9.67 Å². The monoisotopic (exact) mass is 477 g/mol. The summed E-state index contributed by atoms with van der Waals surface area (Å²) in [6, 6.07) is 2.11. The lowest BCUT2D eigenvalue weighted by molar-refractivity contribution is 0.0468. The molecule has 26 heavy (non-hydrogen) atoms. The lowest BCUT2D eigenvalue weighted by Crippen LogP contribution is -2.40. The summed E-state index contributed by atoms with van der Waals surface area (Å²) in [7, 11) is 1.81. The van der Waals surface area contributed by atoms with Gasteiger partial charge in [-0.05, 0) is 39.2 Å². The van der Waals surface area contributed by atoms with Gasteiger partial charge < -0.3 is 15.4 Å². The fourth-order valence-electron chi connectivity index (χ4n) is 3.36. The molecule has 6 nitrogen and oxygen atoms in total. The molecule has 0 amide bonds. The highest BCUT2D eigenvalue weighted by Gasteiger charge is 2.12. The molecule has 0 spiro atoms. The summed E-state index contributed by atoms with van der Waals surface area (Å²) in [5.41, 5.74) is 2.30. The molecule has 0 saturated heterocycles. The Bertz CT molecular complexity index is 524. The third-order valence-electron chi connectivity index (χ3n) is 4.72. The number of aryl methyl sites for hydroxylation is 3. The molecular formula is C19H36IN5O. The first-order valence-electron chi connectivity index (χ1n) is 9.76. The number of aliphatic imine (C=N–C) groups is 1. The van der Waals surface area contributed by atoms with Crippen LogP contribution in [0, 0.1) is 13.8 Å². The molecule has 0 atom stereocenters. The smallest absolute Gasteiger partial charge is 0.191 e. The van der Waals surface area contributed by atoms with Crippen molar-refractivity contribution < 1.29 is 4.74 Å². The van der Waals surface area contributed by atoms with Crippen LogP contribution in [-0.4, -0.2) is 48.6 Å². The van der Waals surface area contributed by atoms with Crippen molar-refractivity contribution in [2.45, 2.75) is 71.4 Å². The zero-order valence-electron chi connectivity index (χ0n) is 16.6. The maximum atomic E-state index is 6.00. The van der Waals surface area contributed by atoms with Crippen molar-refractivity contribution in [2.24, 2.45) is 4.99 Å². The first kappa shape index (κ1) is 23.2. The fraction of sp³-hybridized carbons (Fsp3) is 0.789. The van der Waals surface area contributed by atoms with Crippen molar-refractivity contribution in [3.05, 3.63) is 17.5 Å². The van der Waals surface area contributed by atoms with Gasteiger partial charge in [-0.1, -0.05) is 25.7 Å². The lowest BCUT2D eigenvalue weighted by Gasteiger charge is -2.17. The molecular weight excluding hydrogens is 441 g/mol. The number of ether oxygens (including phenoxy) is 1. The third kappa shape index (κ3) is 8.70. The van der Waals surface area contributed by atoms with Gasteiger partial charge in [-0.2, -0.15) is 5.10 Å². The summed E-state index contributed by atoms with van der Waals surface area (Å²) in [5, 5.41) is 11.2. The standard InChI is InChI=1S/C19H35N5O.HI/c1-16-15-17(2)24(23-16)13-8-11-21-19(20-3)22-12-14-25-18-9-6-4-5-7-10-18;/h15,18H,4-14H2,1-3H3,(H2,20,21,22);1H. The second kappa shape index (κ2) is 13.4. The molecule has 1 aromatic rings. The average molecular weight is 477 g/mol. The van der Waals surface area contributed by atoms with E-state index < -0.39 is 0 Å². The van der Waals surface area contributed by atoms with E-state index >= 15 is 0 Å². The summed E-state index contributed by atoms with van der Waals surface area (Å²) < 4.78 is 8.06. The van der Waals surface area contributed by atoms with Gasteiger partial charge in [-0.25, -0.2) is 0 Å². The van der Waals surface area contributed by atoms with E-state index in [-0.39, 0.29) is 24.0 Å². The Kier molecular flexibility index (Phi) is 11.9. The Morgan fingerprint density at radius 3 is 2.50 bits per heavy atom. The minimum absolute atomic E-state index is 0. The summed E-state index contributed by atoms with van der Waals surface area (Å²) in [5.74, 6) is 0.845. The molecule has 0 aliphatic heterocycles. The van der Waals surface area contributed by atoms with E-state index in [4.69, 9.17) is 4.74 Å². The van der Waals surface area contributed by atoms with Crippen LogP contribution in [0.1, 0.15) is 56.3 Å². The number of hydrogen-bond acceptors (Lipinski definition) is 3. The van der Waals surface area contributed by atoms with E-state index in [1.807, 2.05) is 14.0 Å². The zero-order chi connectivity index (χ0) is 17.9. The van der Waals surface area contributed by atoms with Crippen molar-refractivity contribution in [1.29, 1.82) is 0 Å². The van der Waals surface area contributed by atoms with Gasteiger partial charge in [0.2, 0.25) is 0 Å². The molecule has 1 heterocycles. The first-order valence-corrected chi connectivity index (χ1v) is 9.76. The Morgan fingerprint density at radius 1 is 1.19 bits per heavy atom. The SMILES string of the molecule is CN=C(NCCCn1nc(C)cc1C)NCCOC1CCCCCC1.I. The summed E-state index contributed by atoms with van der Waals surface area (Å²) in [4.78, 5) is 4.27. The number of nitrogens with one attached hydrogen (secondary N) is 2. The Hall–Kier alpha value is -0.830. The molecule has 1 aliphatic carbocycles. The second-order valence-corrected chi connectivity index (χ2v) is 6.91. The predicted octanol–water partition coefficient (Wildman–Crippen LogP) is 3.41. The average Bonchev–Trinajstić information content (AvgIpc) is 2.79. The number of halogens is 1. The topological polar surface area (TPSA) is 63.5 Å². The van der Waals surface area contributed by atoms with Gasteiger partial charge >= 0.3 is 0 Å². The molecule has 0 unspecified atom stereocenters. The summed E-state index contributed by atoms with van der Waals surface area (Å²) in [6.45, 7) is 7.48. The largest absolute Gasteiger partial charge is 0.376 e. The van der Waals surface area contributed by atoms with Crippen molar-refractivity contribution in [3.63, 3.8) is 0 Å². The molecule has 7 heteroatoms. The van der Waals surface area contributed by atoms with Gasteiger partial charge in [0.05, 0.1) is 18.4 Å². The molecule has 1 fully saturated rings. The van der Waals surface area contributed by atoms with E-state index in [1.165, 1.54) is 44.2 Å². The quantitative estimate of drug-likeness (QED) is 0.198. The number of aromatic nitrogens is 2. The molecule has 150 valence electrons. The first-order chi connectivity index (χ1) is 12.2. The molecule has 0 aromatic carbocycles. The van der Waals surface area contributed by atoms with Crippen LogP contribution < -0.4 is 10.6 Å². The summed E-state index contributed by atoms with van der Waals surface area (Å²) >= 11 is 0. The van der Waals surface area contributed by atoms with Crippen molar-refractivity contribution in [3.8, 4) is 0 Å². The molecule has 2 rings (SSSR count). The fourth-order valence-corrected chi connectivity index (χ4v) is 3.36. The third-order valence-corrected chi connectivity index (χ3v) is 4.72. The number of hydrogen-bond donors (Lipinski definition) is 2. The van der Waals surface area contributed by atoms with Crippen molar-refractivity contribution in [1.82, 2.24) is 20.4 Å².